The zero-order valence-corrected chi connectivity index (χ0v) is 17.1. The largest absolute Gasteiger partial charge is 0.497 e. The highest BCUT2D eigenvalue weighted by molar-refractivity contribution is 7.91. The second-order valence-corrected chi connectivity index (χ2v) is 9.77. The minimum absolute atomic E-state index is 0.0710. The number of hydrogen-bond acceptors (Lipinski definition) is 5. The summed E-state index contributed by atoms with van der Waals surface area (Å²) in [5.74, 6) is 0.446. The molecule has 2 aromatic carbocycles. The Bertz CT molecular complexity index is 1180. The highest BCUT2D eigenvalue weighted by Crippen LogP contribution is 2.43. The standard InChI is InChI=1S/C21H19NO4S2/c1-13-6-7-17-19(8-13)28(24,25)12-15-10-18(27-20(15)17)21(23)22-11-14-4-3-5-16(9-14)26-2/h3-10H,11-12H2,1-2H3,(H,22,23). The first kappa shape index (κ1) is 18.7. The Morgan fingerprint density at radius 3 is 2.79 bits per heavy atom. The molecule has 4 rings (SSSR count). The van der Waals surface area contributed by atoms with Gasteiger partial charge in [0.2, 0.25) is 0 Å². The number of hydrogen-bond donors (Lipinski definition) is 1. The summed E-state index contributed by atoms with van der Waals surface area (Å²) in [4.78, 5) is 14.4. The van der Waals surface area contributed by atoms with Crippen LogP contribution in [0.15, 0.2) is 53.4 Å². The minimum Gasteiger partial charge on any atom is -0.497 e. The molecule has 28 heavy (non-hydrogen) atoms. The third kappa shape index (κ3) is 3.43. The average Bonchev–Trinajstić information content (AvgIpc) is 3.09. The smallest absolute Gasteiger partial charge is 0.261 e. The Balaban J connectivity index is 1.60. The molecule has 144 valence electrons. The van der Waals surface area contributed by atoms with E-state index in [4.69, 9.17) is 4.74 Å². The summed E-state index contributed by atoms with van der Waals surface area (Å²) < 4.78 is 30.5. The molecule has 3 aromatic rings. The van der Waals surface area contributed by atoms with Gasteiger partial charge in [-0.25, -0.2) is 8.42 Å². The molecule has 0 fully saturated rings. The highest BCUT2D eigenvalue weighted by Gasteiger charge is 2.30. The maximum Gasteiger partial charge on any atom is 0.261 e. The molecule has 1 aliphatic rings. The molecule has 0 unspecified atom stereocenters. The van der Waals surface area contributed by atoms with Crippen molar-refractivity contribution in [2.75, 3.05) is 7.11 Å². The van der Waals surface area contributed by atoms with Crippen molar-refractivity contribution in [2.24, 2.45) is 0 Å². The van der Waals surface area contributed by atoms with Crippen molar-refractivity contribution >= 4 is 27.1 Å². The van der Waals surface area contributed by atoms with Crippen molar-refractivity contribution in [3.05, 3.63) is 70.1 Å². The second-order valence-electron chi connectivity index (χ2n) is 6.76. The summed E-state index contributed by atoms with van der Waals surface area (Å²) in [6, 6.07) is 14.6. The molecule has 0 spiro atoms. The van der Waals surface area contributed by atoms with Gasteiger partial charge in [-0.1, -0.05) is 24.3 Å². The number of nitrogens with one attached hydrogen (secondary N) is 1. The number of amides is 1. The van der Waals surface area contributed by atoms with Gasteiger partial charge in [-0.05, 0) is 47.9 Å². The molecule has 0 saturated carbocycles. The third-order valence-electron chi connectivity index (χ3n) is 4.68. The van der Waals surface area contributed by atoms with Gasteiger partial charge < -0.3 is 10.1 Å². The van der Waals surface area contributed by atoms with Crippen LogP contribution in [0, 0.1) is 6.92 Å². The van der Waals surface area contributed by atoms with Crippen molar-refractivity contribution in [3.63, 3.8) is 0 Å². The van der Waals surface area contributed by atoms with Crippen LogP contribution in [-0.2, 0) is 22.1 Å². The topological polar surface area (TPSA) is 72.5 Å². The summed E-state index contributed by atoms with van der Waals surface area (Å²) in [5.41, 5.74) is 3.20. The van der Waals surface area contributed by atoms with Crippen LogP contribution in [0.1, 0.15) is 26.4 Å². The fraction of sp³-hybridized carbons (Fsp3) is 0.190. The van der Waals surface area contributed by atoms with Crippen LogP contribution in [0.3, 0.4) is 0 Å². The number of carbonyl (C=O) groups is 1. The molecule has 7 heteroatoms. The molecule has 2 heterocycles. The van der Waals surface area contributed by atoms with Gasteiger partial charge in [-0.3, -0.25) is 4.79 Å². The monoisotopic (exact) mass is 413 g/mol. The van der Waals surface area contributed by atoms with Gasteiger partial charge in [0, 0.05) is 17.0 Å². The normalized spacial score (nSPS) is 14.1. The van der Waals surface area contributed by atoms with Gasteiger partial charge in [0.05, 0.1) is 22.6 Å². The number of rotatable bonds is 4. The summed E-state index contributed by atoms with van der Waals surface area (Å²) in [5, 5.41) is 2.90. The molecule has 0 bridgehead atoms. The van der Waals surface area contributed by atoms with Gasteiger partial charge >= 0.3 is 0 Å². The predicted molar refractivity (Wildman–Crippen MR) is 110 cm³/mol. The van der Waals surface area contributed by atoms with E-state index in [1.54, 1.807) is 19.2 Å². The lowest BCUT2D eigenvalue weighted by Crippen LogP contribution is -2.21. The average molecular weight is 414 g/mol. The Kier molecular flexibility index (Phi) is 4.72. The van der Waals surface area contributed by atoms with E-state index in [-0.39, 0.29) is 11.7 Å². The first-order valence-electron chi connectivity index (χ1n) is 8.75. The first-order chi connectivity index (χ1) is 13.4. The zero-order chi connectivity index (χ0) is 19.9. The number of aryl methyl sites for hydroxylation is 1. The van der Waals surface area contributed by atoms with Gasteiger partial charge in [-0.2, -0.15) is 0 Å². The number of carbonyl (C=O) groups excluding carboxylic acids is 1. The summed E-state index contributed by atoms with van der Waals surface area (Å²) in [6.45, 7) is 2.24. The van der Waals surface area contributed by atoms with E-state index < -0.39 is 9.84 Å². The summed E-state index contributed by atoms with van der Waals surface area (Å²) >= 11 is 1.33. The van der Waals surface area contributed by atoms with E-state index in [0.29, 0.717) is 27.4 Å². The number of thiophene rings is 1. The Morgan fingerprint density at radius 1 is 1.18 bits per heavy atom. The maximum atomic E-state index is 12.6. The molecular formula is C21H19NO4S2. The molecular weight excluding hydrogens is 394 g/mol. The molecule has 0 saturated heterocycles. The van der Waals surface area contributed by atoms with Crippen LogP contribution < -0.4 is 10.1 Å². The molecule has 5 nitrogen and oxygen atoms in total. The fourth-order valence-corrected chi connectivity index (χ4v) is 6.24. The summed E-state index contributed by atoms with van der Waals surface area (Å²) in [7, 11) is -1.79. The summed E-state index contributed by atoms with van der Waals surface area (Å²) in [6.07, 6.45) is 0. The van der Waals surface area contributed by atoms with E-state index in [1.165, 1.54) is 11.3 Å². The lowest BCUT2D eigenvalue weighted by Gasteiger charge is -2.17. The highest BCUT2D eigenvalue weighted by atomic mass is 32.2. The lowest BCUT2D eigenvalue weighted by molar-refractivity contribution is 0.0955. The minimum atomic E-state index is -3.39. The second kappa shape index (κ2) is 7.07. The Hall–Kier alpha value is -2.64. The Morgan fingerprint density at radius 2 is 2.00 bits per heavy atom. The van der Waals surface area contributed by atoms with Crippen molar-refractivity contribution in [3.8, 4) is 16.2 Å². The lowest BCUT2D eigenvalue weighted by atomic mass is 10.1. The fourth-order valence-electron chi connectivity index (χ4n) is 3.28. The van der Waals surface area contributed by atoms with Crippen LogP contribution in [0.2, 0.25) is 0 Å². The molecule has 1 aliphatic heterocycles. The van der Waals surface area contributed by atoms with E-state index in [0.717, 1.165) is 21.8 Å². The number of methoxy groups -OCH3 is 1. The van der Waals surface area contributed by atoms with Gasteiger partial charge in [0.15, 0.2) is 9.84 Å². The van der Waals surface area contributed by atoms with Crippen molar-refractivity contribution < 1.29 is 17.9 Å². The molecule has 0 atom stereocenters. The van der Waals surface area contributed by atoms with Gasteiger partial charge in [-0.15, -0.1) is 11.3 Å². The third-order valence-corrected chi connectivity index (χ3v) is 7.59. The Labute approximate surface area is 167 Å². The van der Waals surface area contributed by atoms with E-state index in [1.807, 2.05) is 43.3 Å². The van der Waals surface area contributed by atoms with E-state index in [2.05, 4.69) is 5.32 Å². The molecule has 1 amide bonds. The predicted octanol–water partition coefficient (Wildman–Crippen LogP) is 3.95. The SMILES string of the molecule is COc1cccc(CNC(=O)c2cc3c(s2)-c2ccc(C)cc2S(=O)(=O)C3)c1. The van der Waals surface area contributed by atoms with Crippen LogP contribution in [0.5, 0.6) is 5.75 Å². The first-order valence-corrected chi connectivity index (χ1v) is 11.2. The molecule has 1 aromatic heterocycles. The van der Waals surface area contributed by atoms with Crippen LogP contribution in [-0.4, -0.2) is 21.4 Å². The molecule has 0 radical (unpaired) electrons. The molecule has 0 aliphatic carbocycles. The number of fused-ring (bicyclic) bond motifs is 3. The van der Waals surface area contributed by atoms with E-state index in [9.17, 15) is 13.2 Å². The van der Waals surface area contributed by atoms with Gasteiger partial charge in [0.1, 0.15) is 5.75 Å². The van der Waals surface area contributed by atoms with Crippen molar-refractivity contribution in [2.45, 2.75) is 24.1 Å². The number of ether oxygens (including phenoxy) is 1. The van der Waals surface area contributed by atoms with Crippen LogP contribution in [0.25, 0.3) is 10.4 Å². The number of sulfone groups is 1. The maximum absolute atomic E-state index is 12.6. The van der Waals surface area contributed by atoms with Crippen LogP contribution >= 0.6 is 11.3 Å². The number of benzene rings is 2. The van der Waals surface area contributed by atoms with E-state index >= 15 is 0 Å². The quantitative estimate of drug-likeness (QED) is 0.703. The van der Waals surface area contributed by atoms with Crippen molar-refractivity contribution in [1.82, 2.24) is 5.32 Å². The van der Waals surface area contributed by atoms with Crippen LogP contribution in [0.4, 0.5) is 0 Å². The van der Waals surface area contributed by atoms with Gasteiger partial charge in [0.25, 0.3) is 5.91 Å². The zero-order valence-electron chi connectivity index (χ0n) is 15.5. The van der Waals surface area contributed by atoms with Crippen molar-refractivity contribution in [1.29, 1.82) is 0 Å². The molecule has 1 N–H and O–H groups in total.